The number of thiazole rings is 1. The Balaban J connectivity index is 2.08. The lowest BCUT2D eigenvalue weighted by atomic mass is 9.87. The van der Waals surface area contributed by atoms with Gasteiger partial charge in [-0.1, -0.05) is 31.6 Å². The fraction of sp³-hybridized carbons (Fsp3) is 0.579. The van der Waals surface area contributed by atoms with Crippen LogP contribution >= 0.6 is 11.3 Å². The third-order valence-electron chi connectivity index (χ3n) is 4.65. The first-order valence-corrected chi connectivity index (χ1v) is 10.3. The average molecular weight is 390 g/mol. The molecule has 1 aliphatic carbocycles. The van der Waals surface area contributed by atoms with Gasteiger partial charge < -0.3 is 10.6 Å². The number of amides is 2. The SMILES string of the molecule is CCCCNC(=O)c1nn(C(C)C)c2c1C(C)Cc1nc(NC(C)=O)sc1-2. The fourth-order valence-corrected chi connectivity index (χ4v) is 4.51. The Labute approximate surface area is 163 Å². The van der Waals surface area contributed by atoms with Crippen LogP contribution in [-0.4, -0.2) is 33.1 Å². The maximum Gasteiger partial charge on any atom is 0.272 e. The summed E-state index contributed by atoms with van der Waals surface area (Å²) in [7, 11) is 0. The van der Waals surface area contributed by atoms with Crippen molar-refractivity contribution in [1.82, 2.24) is 20.1 Å². The summed E-state index contributed by atoms with van der Waals surface area (Å²) in [5.74, 6) is -0.108. The van der Waals surface area contributed by atoms with E-state index < -0.39 is 0 Å². The molecule has 8 heteroatoms. The van der Waals surface area contributed by atoms with Crippen molar-refractivity contribution in [1.29, 1.82) is 0 Å². The molecule has 2 aromatic rings. The van der Waals surface area contributed by atoms with Crippen molar-refractivity contribution in [2.75, 3.05) is 11.9 Å². The van der Waals surface area contributed by atoms with Crippen LogP contribution in [-0.2, 0) is 11.2 Å². The van der Waals surface area contributed by atoms with E-state index in [1.165, 1.54) is 18.3 Å². The van der Waals surface area contributed by atoms with Gasteiger partial charge in [0.2, 0.25) is 5.91 Å². The second-order valence-electron chi connectivity index (χ2n) is 7.34. The Kier molecular flexibility index (Phi) is 5.64. The van der Waals surface area contributed by atoms with E-state index in [1.54, 1.807) is 0 Å². The second kappa shape index (κ2) is 7.80. The number of carbonyl (C=O) groups is 2. The van der Waals surface area contributed by atoms with E-state index in [1.807, 2.05) is 4.68 Å². The zero-order valence-electron chi connectivity index (χ0n) is 16.5. The second-order valence-corrected chi connectivity index (χ2v) is 8.34. The summed E-state index contributed by atoms with van der Waals surface area (Å²) >= 11 is 1.45. The van der Waals surface area contributed by atoms with Crippen molar-refractivity contribution < 1.29 is 9.59 Å². The molecule has 0 saturated carbocycles. The van der Waals surface area contributed by atoms with Gasteiger partial charge in [-0.05, 0) is 32.6 Å². The molecule has 3 rings (SSSR count). The molecule has 7 nitrogen and oxygen atoms in total. The van der Waals surface area contributed by atoms with E-state index in [9.17, 15) is 9.59 Å². The van der Waals surface area contributed by atoms with E-state index in [-0.39, 0.29) is 23.8 Å². The third-order valence-corrected chi connectivity index (χ3v) is 5.67. The number of carbonyl (C=O) groups excluding carboxylic acids is 2. The number of aromatic nitrogens is 3. The molecule has 2 amide bonds. The average Bonchev–Trinajstić information content (AvgIpc) is 3.15. The topological polar surface area (TPSA) is 88.9 Å². The van der Waals surface area contributed by atoms with E-state index >= 15 is 0 Å². The van der Waals surface area contributed by atoms with Gasteiger partial charge >= 0.3 is 0 Å². The maximum absolute atomic E-state index is 12.8. The summed E-state index contributed by atoms with van der Waals surface area (Å²) in [6.07, 6.45) is 2.72. The minimum Gasteiger partial charge on any atom is -0.351 e. The molecule has 1 unspecified atom stereocenters. The molecule has 0 fully saturated rings. The number of unbranched alkanes of at least 4 members (excludes halogenated alkanes) is 1. The lowest BCUT2D eigenvalue weighted by Gasteiger charge is -2.20. The van der Waals surface area contributed by atoms with Gasteiger partial charge in [-0.15, -0.1) is 0 Å². The van der Waals surface area contributed by atoms with Crippen molar-refractivity contribution in [2.24, 2.45) is 0 Å². The molecule has 2 N–H and O–H groups in total. The smallest absolute Gasteiger partial charge is 0.272 e. The summed E-state index contributed by atoms with van der Waals surface area (Å²) in [6.45, 7) is 10.5. The zero-order chi connectivity index (χ0) is 19.7. The largest absolute Gasteiger partial charge is 0.351 e. The first-order valence-electron chi connectivity index (χ1n) is 9.51. The quantitative estimate of drug-likeness (QED) is 0.737. The molecule has 2 aromatic heterocycles. The Morgan fingerprint density at radius 2 is 2.11 bits per heavy atom. The van der Waals surface area contributed by atoms with Crippen LogP contribution in [0, 0.1) is 0 Å². The number of nitrogens with one attached hydrogen (secondary N) is 2. The van der Waals surface area contributed by atoms with Crippen LogP contribution in [0.25, 0.3) is 10.6 Å². The summed E-state index contributed by atoms with van der Waals surface area (Å²) in [4.78, 5) is 29.8. The summed E-state index contributed by atoms with van der Waals surface area (Å²) < 4.78 is 1.92. The van der Waals surface area contributed by atoms with E-state index in [0.717, 1.165) is 41.1 Å². The van der Waals surface area contributed by atoms with Gasteiger partial charge in [-0.25, -0.2) is 4.98 Å². The molecule has 1 atom stereocenters. The van der Waals surface area contributed by atoms with Crippen LogP contribution in [0.5, 0.6) is 0 Å². The minimum absolute atomic E-state index is 0.110. The predicted molar refractivity (Wildman–Crippen MR) is 107 cm³/mol. The monoisotopic (exact) mass is 389 g/mol. The molecule has 1 aliphatic rings. The molecule has 27 heavy (non-hydrogen) atoms. The van der Waals surface area contributed by atoms with Crippen molar-refractivity contribution >= 4 is 28.3 Å². The van der Waals surface area contributed by atoms with Crippen LogP contribution in [0.3, 0.4) is 0 Å². The van der Waals surface area contributed by atoms with Gasteiger partial charge in [0.1, 0.15) is 0 Å². The third kappa shape index (κ3) is 3.76. The lowest BCUT2D eigenvalue weighted by Crippen LogP contribution is -2.26. The summed E-state index contributed by atoms with van der Waals surface area (Å²) in [5.41, 5.74) is 3.43. The number of rotatable bonds is 6. The molecular formula is C19H27N5O2S. The van der Waals surface area contributed by atoms with Crippen molar-refractivity contribution in [3.05, 3.63) is 17.0 Å². The standard InChI is InChI=1S/C19H27N5O2S/c1-6-7-8-20-18(26)15-14-11(4)9-13-17(16(14)24(23-15)10(2)3)27-19(22-13)21-12(5)25/h10-11H,6-9H2,1-5H3,(H,20,26)(H,21,22,25). The van der Waals surface area contributed by atoms with Gasteiger partial charge in [-0.3, -0.25) is 14.3 Å². The molecule has 0 radical (unpaired) electrons. The van der Waals surface area contributed by atoms with Gasteiger partial charge in [0.25, 0.3) is 5.91 Å². The van der Waals surface area contributed by atoms with Crippen LogP contribution in [0.1, 0.15) is 81.2 Å². The number of hydrogen-bond acceptors (Lipinski definition) is 5. The molecule has 0 aliphatic heterocycles. The Hall–Kier alpha value is -2.22. The Bertz CT molecular complexity index is 868. The maximum atomic E-state index is 12.8. The fourth-order valence-electron chi connectivity index (χ4n) is 3.42. The van der Waals surface area contributed by atoms with E-state index in [0.29, 0.717) is 17.4 Å². The van der Waals surface area contributed by atoms with Gasteiger partial charge in [0.15, 0.2) is 10.8 Å². The van der Waals surface area contributed by atoms with Gasteiger partial charge in [-0.2, -0.15) is 5.10 Å². The van der Waals surface area contributed by atoms with Crippen LogP contribution in [0.4, 0.5) is 5.13 Å². The Morgan fingerprint density at radius 3 is 2.74 bits per heavy atom. The summed E-state index contributed by atoms with van der Waals surface area (Å²) in [6, 6.07) is 0.111. The molecule has 146 valence electrons. The highest BCUT2D eigenvalue weighted by atomic mass is 32.1. The normalized spacial score (nSPS) is 15.4. The van der Waals surface area contributed by atoms with Crippen LogP contribution in [0.15, 0.2) is 0 Å². The molecule has 2 heterocycles. The first kappa shape index (κ1) is 19.5. The Morgan fingerprint density at radius 1 is 1.37 bits per heavy atom. The molecular weight excluding hydrogens is 362 g/mol. The lowest BCUT2D eigenvalue weighted by molar-refractivity contribution is -0.114. The zero-order valence-corrected chi connectivity index (χ0v) is 17.4. The highest BCUT2D eigenvalue weighted by molar-refractivity contribution is 7.19. The van der Waals surface area contributed by atoms with Crippen molar-refractivity contribution in [3.63, 3.8) is 0 Å². The van der Waals surface area contributed by atoms with Crippen LogP contribution in [0.2, 0.25) is 0 Å². The summed E-state index contributed by atoms with van der Waals surface area (Å²) in [5, 5.41) is 11.1. The van der Waals surface area contributed by atoms with Gasteiger partial charge in [0, 0.05) is 25.1 Å². The molecule has 0 aromatic carbocycles. The van der Waals surface area contributed by atoms with Crippen molar-refractivity contribution in [3.8, 4) is 10.6 Å². The number of nitrogens with zero attached hydrogens (tertiary/aromatic N) is 3. The first-order chi connectivity index (χ1) is 12.8. The highest BCUT2D eigenvalue weighted by Crippen LogP contribution is 2.46. The minimum atomic E-state index is -0.136. The number of fused-ring (bicyclic) bond motifs is 3. The molecule has 0 saturated heterocycles. The van der Waals surface area contributed by atoms with Crippen molar-refractivity contribution in [2.45, 2.75) is 65.8 Å². The van der Waals surface area contributed by atoms with Gasteiger partial charge in [0.05, 0.1) is 16.3 Å². The molecule has 0 bridgehead atoms. The van der Waals surface area contributed by atoms with E-state index in [2.05, 4.69) is 48.4 Å². The number of hydrogen-bond donors (Lipinski definition) is 2. The van der Waals surface area contributed by atoms with E-state index in [4.69, 9.17) is 0 Å². The molecule has 0 spiro atoms. The number of anilines is 1. The van der Waals surface area contributed by atoms with Crippen LogP contribution < -0.4 is 10.6 Å². The highest BCUT2D eigenvalue weighted by Gasteiger charge is 2.35. The predicted octanol–water partition coefficient (Wildman–Crippen LogP) is 3.74.